The number of hydrogen-bond acceptors (Lipinski definition) is 7. The molecular weight excluding hydrogens is 460 g/mol. The molecular formula is C22H22N6O5S. The molecule has 0 atom stereocenters. The number of nitro benzene ring substituents is 1. The van der Waals surface area contributed by atoms with Crippen LogP contribution < -0.4 is 0 Å². The molecule has 2 aromatic carbocycles. The van der Waals surface area contributed by atoms with E-state index in [4.69, 9.17) is 0 Å². The molecule has 0 spiro atoms. The highest BCUT2D eigenvalue weighted by Crippen LogP contribution is 2.21. The molecule has 12 heteroatoms. The van der Waals surface area contributed by atoms with Gasteiger partial charge in [0.05, 0.1) is 22.6 Å². The number of hydrogen-bond donors (Lipinski definition) is 0. The molecule has 0 N–H and O–H groups in total. The van der Waals surface area contributed by atoms with Crippen LogP contribution in [0.5, 0.6) is 0 Å². The molecule has 0 aliphatic carbocycles. The highest BCUT2D eigenvalue weighted by Gasteiger charge is 2.29. The predicted octanol–water partition coefficient (Wildman–Crippen LogP) is 1.78. The van der Waals surface area contributed by atoms with Crippen molar-refractivity contribution in [2.24, 2.45) is 0 Å². The van der Waals surface area contributed by atoms with Crippen molar-refractivity contribution >= 4 is 27.7 Å². The van der Waals surface area contributed by atoms with E-state index in [9.17, 15) is 23.3 Å². The van der Waals surface area contributed by atoms with E-state index in [0.717, 1.165) is 17.7 Å². The summed E-state index contributed by atoms with van der Waals surface area (Å²) in [4.78, 5) is 24.3. The number of non-ortho nitro benzene ring substituents is 1. The van der Waals surface area contributed by atoms with Crippen LogP contribution in [0.3, 0.4) is 0 Å². The molecule has 11 nitrogen and oxygen atoms in total. The van der Waals surface area contributed by atoms with Crippen LogP contribution in [0.25, 0.3) is 6.08 Å². The van der Waals surface area contributed by atoms with Gasteiger partial charge in [0.2, 0.25) is 15.9 Å². The average molecular weight is 483 g/mol. The number of rotatable bonds is 7. The van der Waals surface area contributed by atoms with Gasteiger partial charge in [-0.3, -0.25) is 14.9 Å². The van der Waals surface area contributed by atoms with Crippen LogP contribution in [0.15, 0.2) is 71.8 Å². The minimum atomic E-state index is -3.80. The molecule has 176 valence electrons. The lowest BCUT2D eigenvalue weighted by Crippen LogP contribution is -2.50. The lowest BCUT2D eigenvalue weighted by atomic mass is 10.2. The van der Waals surface area contributed by atoms with E-state index in [0.29, 0.717) is 12.2 Å². The molecule has 3 aromatic rings. The maximum atomic E-state index is 12.8. The number of carbonyl (C=O) groups is 1. The lowest BCUT2D eigenvalue weighted by Gasteiger charge is -2.33. The van der Waals surface area contributed by atoms with E-state index < -0.39 is 14.9 Å². The van der Waals surface area contributed by atoms with Gasteiger partial charge in [-0.2, -0.15) is 4.31 Å². The molecule has 1 saturated heterocycles. The third kappa shape index (κ3) is 5.35. The Morgan fingerprint density at radius 3 is 2.35 bits per heavy atom. The van der Waals surface area contributed by atoms with E-state index in [1.54, 1.807) is 21.9 Å². The first-order chi connectivity index (χ1) is 16.3. The first-order valence-corrected chi connectivity index (χ1v) is 11.9. The summed E-state index contributed by atoms with van der Waals surface area (Å²) in [6.45, 7) is 1.30. The Balaban J connectivity index is 1.32. The Hall–Kier alpha value is -3.90. The molecule has 34 heavy (non-hydrogen) atoms. The van der Waals surface area contributed by atoms with E-state index in [2.05, 4.69) is 10.3 Å². The zero-order valence-electron chi connectivity index (χ0n) is 18.1. The van der Waals surface area contributed by atoms with Gasteiger partial charge in [-0.05, 0) is 23.8 Å². The molecule has 1 amide bonds. The number of amides is 1. The molecule has 0 saturated carbocycles. The maximum absolute atomic E-state index is 12.8. The van der Waals surface area contributed by atoms with Gasteiger partial charge >= 0.3 is 0 Å². The lowest BCUT2D eigenvalue weighted by molar-refractivity contribution is -0.384. The quantitative estimate of drug-likeness (QED) is 0.285. The Morgan fingerprint density at radius 1 is 1.03 bits per heavy atom. The number of piperazine rings is 1. The van der Waals surface area contributed by atoms with Crippen molar-refractivity contribution in [3.63, 3.8) is 0 Å². The van der Waals surface area contributed by atoms with Crippen LogP contribution in [-0.2, 0) is 21.4 Å². The van der Waals surface area contributed by atoms with Gasteiger partial charge in [0.25, 0.3) is 5.69 Å². The summed E-state index contributed by atoms with van der Waals surface area (Å²) in [6.07, 6.45) is 4.72. The number of carbonyl (C=O) groups excluding carboxylic acids is 1. The Labute approximate surface area is 196 Å². The third-order valence-electron chi connectivity index (χ3n) is 5.38. The summed E-state index contributed by atoms with van der Waals surface area (Å²) >= 11 is 0. The summed E-state index contributed by atoms with van der Waals surface area (Å²) in [5.41, 5.74) is 1.45. The van der Waals surface area contributed by atoms with Crippen LogP contribution in [0, 0.1) is 10.1 Å². The number of nitrogens with zero attached hydrogens (tertiary/aromatic N) is 6. The number of nitro groups is 1. The fourth-order valence-corrected chi connectivity index (χ4v) is 4.96. The van der Waals surface area contributed by atoms with Crippen LogP contribution in [0.2, 0.25) is 0 Å². The predicted molar refractivity (Wildman–Crippen MR) is 123 cm³/mol. The van der Waals surface area contributed by atoms with Gasteiger partial charge in [-0.25, -0.2) is 13.1 Å². The average Bonchev–Trinajstić information content (AvgIpc) is 3.30. The number of sulfonamides is 1. The normalized spacial score (nSPS) is 15.0. The van der Waals surface area contributed by atoms with Crippen molar-refractivity contribution in [2.45, 2.75) is 11.4 Å². The zero-order chi connectivity index (χ0) is 24.1. The topological polar surface area (TPSA) is 132 Å². The third-order valence-corrected chi connectivity index (χ3v) is 7.29. The van der Waals surface area contributed by atoms with E-state index >= 15 is 0 Å². The van der Waals surface area contributed by atoms with Gasteiger partial charge in [0.15, 0.2) is 0 Å². The summed E-state index contributed by atoms with van der Waals surface area (Å²) in [7, 11) is -3.80. The van der Waals surface area contributed by atoms with Gasteiger partial charge < -0.3 is 4.90 Å². The van der Waals surface area contributed by atoms with Gasteiger partial charge in [-0.15, -0.1) is 5.10 Å². The second-order valence-electron chi connectivity index (χ2n) is 7.64. The van der Waals surface area contributed by atoms with Gasteiger partial charge in [0.1, 0.15) is 5.69 Å². The monoisotopic (exact) mass is 482 g/mol. The van der Waals surface area contributed by atoms with Crippen LogP contribution >= 0.6 is 0 Å². The molecule has 1 aliphatic rings. The fraction of sp³-hybridized carbons (Fsp3) is 0.227. The van der Waals surface area contributed by atoms with Crippen molar-refractivity contribution in [3.05, 3.63) is 88.2 Å². The van der Waals surface area contributed by atoms with E-state index in [1.165, 1.54) is 22.5 Å². The molecule has 2 heterocycles. The Kier molecular flexibility index (Phi) is 6.80. The summed E-state index contributed by atoms with van der Waals surface area (Å²) in [5, 5.41) is 18.9. The standard InChI is InChI=1S/C22H22N6O5S/c29-22(11-6-19-17-26(24-23-19)16-18-4-2-1-3-5-18)25-12-14-27(15-13-25)34(32,33)21-9-7-20(8-10-21)28(30)31/h1-11,17H,12-16H2/b11-6+. The second-order valence-corrected chi connectivity index (χ2v) is 9.58. The highest BCUT2D eigenvalue weighted by molar-refractivity contribution is 7.89. The van der Waals surface area contributed by atoms with Gasteiger partial charge in [-0.1, -0.05) is 35.5 Å². The van der Waals surface area contributed by atoms with Crippen LogP contribution in [0.4, 0.5) is 5.69 Å². The Bertz CT molecular complexity index is 1300. The fourth-order valence-electron chi connectivity index (χ4n) is 3.54. The van der Waals surface area contributed by atoms with Crippen LogP contribution in [0.1, 0.15) is 11.3 Å². The molecule has 0 radical (unpaired) electrons. The largest absolute Gasteiger partial charge is 0.337 e. The van der Waals surface area contributed by atoms with Crippen molar-refractivity contribution in [2.75, 3.05) is 26.2 Å². The van der Waals surface area contributed by atoms with Crippen molar-refractivity contribution in [1.82, 2.24) is 24.2 Å². The molecule has 1 aliphatic heterocycles. The minimum Gasteiger partial charge on any atom is -0.337 e. The molecule has 0 unspecified atom stereocenters. The molecule has 1 aromatic heterocycles. The smallest absolute Gasteiger partial charge is 0.269 e. The summed E-state index contributed by atoms with van der Waals surface area (Å²) in [6, 6.07) is 14.6. The van der Waals surface area contributed by atoms with Gasteiger partial charge in [0, 0.05) is 44.4 Å². The minimum absolute atomic E-state index is 0.0173. The molecule has 1 fully saturated rings. The summed E-state index contributed by atoms with van der Waals surface area (Å²) < 4.78 is 28.6. The van der Waals surface area contributed by atoms with Crippen molar-refractivity contribution < 1.29 is 18.1 Å². The molecule has 4 rings (SSSR count). The van der Waals surface area contributed by atoms with E-state index in [-0.39, 0.29) is 42.7 Å². The number of aromatic nitrogens is 3. The van der Waals surface area contributed by atoms with Crippen LogP contribution in [-0.4, -0.2) is 69.6 Å². The maximum Gasteiger partial charge on any atom is 0.269 e. The van der Waals surface area contributed by atoms with Crippen molar-refractivity contribution in [1.29, 1.82) is 0 Å². The second kappa shape index (κ2) is 9.93. The first-order valence-electron chi connectivity index (χ1n) is 10.5. The SMILES string of the molecule is O=C(/C=C/c1cn(Cc2ccccc2)nn1)N1CCN(S(=O)(=O)c2ccc([N+](=O)[O-])cc2)CC1. The highest BCUT2D eigenvalue weighted by atomic mass is 32.2. The first kappa shape index (κ1) is 23.3. The summed E-state index contributed by atoms with van der Waals surface area (Å²) in [5.74, 6) is -0.245. The van der Waals surface area contributed by atoms with E-state index in [1.807, 2.05) is 30.3 Å². The zero-order valence-corrected chi connectivity index (χ0v) is 18.9. The molecule has 0 bridgehead atoms. The van der Waals surface area contributed by atoms with Crippen molar-refractivity contribution in [3.8, 4) is 0 Å². The number of benzene rings is 2. The Morgan fingerprint density at radius 2 is 1.71 bits per heavy atom.